The highest BCUT2D eigenvalue weighted by Crippen LogP contribution is 2.26. The number of hydrogen-bond donors (Lipinski definition) is 1. The van der Waals surface area contributed by atoms with Gasteiger partial charge in [-0.15, -0.1) is 0 Å². The Morgan fingerprint density at radius 1 is 1.03 bits per heavy atom. The molecule has 0 fully saturated rings. The number of nitrogens with zero attached hydrogens (tertiary/aromatic N) is 1. The number of benzene rings is 3. The molecule has 0 aromatic heterocycles. The topological polar surface area (TPSA) is 99.1 Å². The van der Waals surface area contributed by atoms with Crippen LogP contribution in [0.1, 0.15) is 26.3 Å². The normalized spacial score (nSPS) is 10.7. The minimum absolute atomic E-state index is 0.0401. The lowest BCUT2D eigenvalue weighted by Gasteiger charge is -2.21. The molecule has 0 bridgehead atoms. The molecule has 0 saturated heterocycles. The average Bonchev–Trinajstić information content (AvgIpc) is 2.78. The van der Waals surface area contributed by atoms with E-state index < -0.39 is 5.97 Å². The molecule has 158 valence electrons. The number of esters is 1. The van der Waals surface area contributed by atoms with E-state index in [1.54, 1.807) is 30.3 Å². The van der Waals surface area contributed by atoms with Gasteiger partial charge in [0.15, 0.2) is 5.78 Å². The van der Waals surface area contributed by atoms with Gasteiger partial charge in [0, 0.05) is 10.0 Å². The molecule has 0 saturated carbocycles. The maximum Gasteiger partial charge on any atom is 0.343 e. The van der Waals surface area contributed by atoms with Crippen LogP contribution in [0.25, 0.3) is 6.08 Å². The van der Waals surface area contributed by atoms with Crippen LogP contribution in [0.3, 0.4) is 0 Å². The van der Waals surface area contributed by atoms with Crippen molar-refractivity contribution in [3.05, 3.63) is 99.2 Å². The number of ether oxygens (including phenoxy) is 2. The summed E-state index contributed by atoms with van der Waals surface area (Å²) in [4.78, 5) is 25.4. The first kappa shape index (κ1) is 22.2. The molecule has 0 unspecified atom stereocenters. The van der Waals surface area contributed by atoms with Gasteiger partial charge < -0.3 is 19.9 Å². The fourth-order valence-electron chi connectivity index (χ4n) is 2.75. The van der Waals surface area contributed by atoms with Crippen molar-refractivity contribution < 1.29 is 24.3 Å². The van der Waals surface area contributed by atoms with E-state index in [9.17, 15) is 14.8 Å². The molecule has 0 heterocycles. The van der Waals surface area contributed by atoms with Crippen molar-refractivity contribution in [2.24, 2.45) is 0 Å². The number of allylic oxidation sites excluding steroid dienone is 1. The van der Waals surface area contributed by atoms with Gasteiger partial charge in [0.2, 0.25) is 0 Å². The van der Waals surface area contributed by atoms with E-state index in [2.05, 4.69) is 15.9 Å². The van der Waals surface area contributed by atoms with E-state index in [-0.39, 0.29) is 33.6 Å². The average molecular weight is 483 g/mol. The summed E-state index contributed by atoms with van der Waals surface area (Å²) in [7, 11) is 1.54. The monoisotopic (exact) mass is 482 g/mol. The third kappa shape index (κ3) is 5.58. The number of halogens is 1. The molecule has 0 amide bonds. The lowest BCUT2D eigenvalue weighted by atomic mass is 10.1. The Hall–Kier alpha value is -3.46. The summed E-state index contributed by atoms with van der Waals surface area (Å²) < 4.78 is 11.3. The van der Waals surface area contributed by atoms with Gasteiger partial charge in [-0.3, -0.25) is 10.0 Å². The van der Waals surface area contributed by atoms with E-state index in [1.165, 1.54) is 43.5 Å². The van der Waals surface area contributed by atoms with Crippen molar-refractivity contribution in [3.8, 4) is 11.5 Å². The summed E-state index contributed by atoms with van der Waals surface area (Å²) in [5.74, 6) is -0.501. The van der Waals surface area contributed by atoms with E-state index in [4.69, 9.17) is 14.7 Å². The van der Waals surface area contributed by atoms with Crippen LogP contribution in [0, 0.1) is 5.21 Å². The van der Waals surface area contributed by atoms with Crippen molar-refractivity contribution in [2.75, 3.05) is 12.3 Å². The standard InChI is InChI=1S/C23H17BrNO6/c1-30-21-8-3-2-5-15(21)9-11-20(26)19-14-17(24)10-12-22(19)31-23(27)16-6-4-7-18(13-16)25(28)29/h2-14,28H,1H3/q-1. The molecule has 8 heteroatoms. The molecular weight excluding hydrogens is 466 g/mol. The minimum Gasteiger partial charge on any atom is -0.733 e. The number of carbonyl (C=O) groups excluding carboxylic acids is 2. The first-order valence-electron chi connectivity index (χ1n) is 9.02. The molecule has 7 nitrogen and oxygen atoms in total. The molecule has 0 aliphatic heterocycles. The third-order valence-electron chi connectivity index (χ3n) is 4.27. The summed E-state index contributed by atoms with van der Waals surface area (Å²) in [5, 5.41) is 19.7. The van der Waals surface area contributed by atoms with Crippen molar-refractivity contribution in [1.82, 2.24) is 0 Å². The molecule has 0 atom stereocenters. The quantitative estimate of drug-likeness (QED) is 0.161. The van der Waals surface area contributed by atoms with Crippen molar-refractivity contribution >= 4 is 39.4 Å². The van der Waals surface area contributed by atoms with Gasteiger partial charge >= 0.3 is 5.97 Å². The zero-order chi connectivity index (χ0) is 22.4. The van der Waals surface area contributed by atoms with Crippen LogP contribution in [0.4, 0.5) is 5.69 Å². The highest BCUT2D eigenvalue weighted by molar-refractivity contribution is 9.10. The van der Waals surface area contributed by atoms with Crippen LogP contribution < -0.4 is 14.7 Å². The second-order valence-electron chi connectivity index (χ2n) is 6.29. The zero-order valence-corrected chi connectivity index (χ0v) is 17.9. The van der Waals surface area contributed by atoms with Crippen molar-refractivity contribution in [1.29, 1.82) is 0 Å². The van der Waals surface area contributed by atoms with E-state index in [1.807, 2.05) is 12.1 Å². The number of ketones is 1. The molecule has 0 aliphatic rings. The molecule has 3 rings (SSSR count). The summed E-state index contributed by atoms with van der Waals surface area (Å²) in [6, 6.07) is 17.3. The molecule has 3 aromatic rings. The van der Waals surface area contributed by atoms with Gasteiger partial charge in [-0.2, -0.15) is 0 Å². The van der Waals surface area contributed by atoms with Gasteiger partial charge in [-0.05, 0) is 54.6 Å². The molecule has 1 N–H and O–H groups in total. The maximum atomic E-state index is 12.8. The number of carbonyl (C=O) groups is 2. The van der Waals surface area contributed by atoms with Crippen LogP contribution in [-0.2, 0) is 0 Å². The van der Waals surface area contributed by atoms with Crippen LogP contribution >= 0.6 is 15.9 Å². The lowest BCUT2D eigenvalue weighted by molar-refractivity contribution is 0.0733. The Bertz CT molecular complexity index is 1140. The number of para-hydroxylation sites is 1. The van der Waals surface area contributed by atoms with Crippen LogP contribution in [0.15, 0.2) is 77.3 Å². The maximum absolute atomic E-state index is 12.8. The fourth-order valence-corrected chi connectivity index (χ4v) is 3.11. The van der Waals surface area contributed by atoms with E-state index in [0.717, 1.165) is 5.56 Å². The summed E-state index contributed by atoms with van der Waals surface area (Å²) in [5.41, 5.74) is 0.798. The Kier molecular flexibility index (Phi) is 7.19. The second-order valence-corrected chi connectivity index (χ2v) is 7.21. The van der Waals surface area contributed by atoms with Crippen LogP contribution in [0.5, 0.6) is 11.5 Å². The van der Waals surface area contributed by atoms with Gasteiger partial charge in [-0.25, -0.2) is 4.79 Å². The number of rotatable bonds is 7. The van der Waals surface area contributed by atoms with Gasteiger partial charge in [0.25, 0.3) is 0 Å². The third-order valence-corrected chi connectivity index (χ3v) is 4.76. The summed E-state index contributed by atoms with van der Waals surface area (Å²) in [6.45, 7) is 0. The minimum atomic E-state index is -0.784. The van der Waals surface area contributed by atoms with Crippen molar-refractivity contribution in [2.45, 2.75) is 0 Å². The molecular formula is C23H17BrNO6-. The second kappa shape index (κ2) is 10.0. The number of anilines is 1. The molecule has 0 aliphatic carbocycles. The van der Waals surface area contributed by atoms with E-state index in [0.29, 0.717) is 10.2 Å². The first-order chi connectivity index (χ1) is 14.9. The van der Waals surface area contributed by atoms with Crippen molar-refractivity contribution in [3.63, 3.8) is 0 Å². The summed E-state index contributed by atoms with van der Waals surface area (Å²) >= 11 is 3.32. The summed E-state index contributed by atoms with van der Waals surface area (Å²) in [6.07, 6.45) is 2.97. The Morgan fingerprint density at radius 3 is 2.55 bits per heavy atom. The molecule has 31 heavy (non-hydrogen) atoms. The highest BCUT2D eigenvalue weighted by Gasteiger charge is 2.16. The number of hydrogen-bond acceptors (Lipinski definition) is 7. The van der Waals surface area contributed by atoms with Crippen LogP contribution in [0.2, 0.25) is 0 Å². The highest BCUT2D eigenvalue weighted by atomic mass is 79.9. The number of methoxy groups -OCH3 is 1. The predicted octanol–water partition coefficient (Wildman–Crippen LogP) is 5.27. The molecule has 0 radical (unpaired) electrons. The largest absolute Gasteiger partial charge is 0.733 e. The predicted molar refractivity (Wildman–Crippen MR) is 120 cm³/mol. The lowest BCUT2D eigenvalue weighted by Crippen LogP contribution is -2.13. The molecule has 0 spiro atoms. The Balaban J connectivity index is 1.87. The van der Waals surface area contributed by atoms with Gasteiger partial charge in [-0.1, -0.05) is 40.2 Å². The Morgan fingerprint density at radius 2 is 1.81 bits per heavy atom. The SMILES string of the molecule is COc1ccccc1C=CC(=O)c1cc(Br)ccc1OC(=O)c1cccc(N([O-])O)c1. The van der Waals surface area contributed by atoms with E-state index >= 15 is 0 Å². The zero-order valence-electron chi connectivity index (χ0n) is 16.3. The molecule has 3 aromatic carbocycles. The Labute approximate surface area is 186 Å². The van der Waals surface area contributed by atoms with Crippen LogP contribution in [-0.4, -0.2) is 24.1 Å². The fraction of sp³-hybridized carbons (Fsp3) is 0.0435. The smallest absolute Gasteiger partial charge is 0.343 e. The first-order valence-corrected chi connectivity index (χ1v) is 9.81. The van der Waals surface area contributed by atoms with Gasteiger partial charge in [0.1, 0.15) is 11.5 Å². The van der Waals surface area contributed by atoms with Gasteiger partial charge in [0.05, 0.1) is 23.9 Å².